The standard InChI is InChI=1S/C21H32N2O11/c1-10(24)30-9-15(31-11(2)25)17(32-12(3)26)18-16(23-20(28)34-21(4,5)6)13(22)8-14(33-18)19(27)29-7/h8,13,15-18H,9,22H2,1-7H3,(H,23,28)/t13-,15-,16+,17-,18+/m0/s1. The van der Waals surface area contributed by atoms with Crippen LogP contribution in [0, 0.1) is 0 Å². The number of carbonyl (C=O) groups is 5. The Bertz CT molecular complexity index is 818. The fourth-order valence-electron chi connectivity index (χ4n) is 3.02. The van der Waals surface area contributed by atoms with Crippen molar-refractivity contribution in [3.63, 3.8) is 0 Å². The Labute approximate surface area is 197 Å². The third-order valence-electron chi connectivity index (χ3n) is 4.21. The minimum atomic E-state index is -1.47. The molecule has 0 saturated heterocycles. The first-order chi connectivity index (χ1) is 15.6. The summed E-state index contributed by atoms with van der Waals surface area (Å²) in [5.41, 5.74) is 5.34. The van der Waals surface area contributed by atoms with Crippen LogP contribution in [0.4, 0.5) is 4.79 Å². The van der Waals surface area contributed by atoms with Gasteiger partial charge in [-0.15, -0.1) is 0 Å². The molecule has 13 nitrogen and oxygen atoms in total. The van der Waals surface area contributed by atoms with E-state index in [2.05, 4.69) is 10.1 Å². The van der Waals surface area contributed by atoms with Gasteiger partial charge >= 0.3 is 30.0 Å². The van der Waals surface area contributed by atoms with Gasteiger partial charge in [-0.05, 0) is 26.8 Å². The molecule has 1 rings (SSSR count). The molecule has 192 valence electrons. The molecule has 0 spiro atoms. The molecular formula is C21H32N2O11. The van der Waals surface area contributed by atoms with Gasteiger partial charge < -0.3 is 39.5 Å². The number of rotatable bonds is 8. The van der Waals surface area contributed by atoms with Crippen LogP contribution in [0.5, 0.6) is 0 Å². The van der Waals surface area contributed by atoms with Crippen LogP contribution in [-0.2, 0) is 47.6 Å². The predicted molar refractivity (Wildman–Crippen MR) is 114 cm³/mol. The first kappa shape index (κ1) is 28.7. The van der Waals surface area contributed by atoms with Gasteiger partial charge in [0.15, 0.2) is 18.3 Å². The largest absolute Gasteiger partial charge is 0.477 e. The van der Waals surface area contributed by atoms with E-state index in [0.29, 0.717) is 0 Å². The molecular weight excluding hydrogens is 456 g/mol. The van der Waals surface area contributed by atoms with Crippen molar-refractivity contribution in [1.82, 2.24) is 5.32 Å². The highest BCUT2D eigenvalue weighted by Crippen LogP contribution is 2.26. The van der Waals surface area contributed by atoms with E-state index < -0.39 is 72.6 Å². The highest BCUT2D eigenvalue weighted by molar-refractivity contribution is 5.86. The topological polar surface area (TPSA) is 179 Å². The fourth-order valence-corrected chi connectivity index (χ4v) is 3.02. The van der Waals surface area contributed by atoms with E-state index in [1.165, 1.54) is 6.08 Å². The lowest BCUT2D eigenvalue weighted by molar-refractivity contribution is -0.187. The summed E-state index contributed by atoms with van der Waals surface area (Å²) in [4.78, 5) is 59.6. The van der Waals surface area contributed by atoms with Crippen molar-refractivity contribution in [2.75, 3.05) is 13.7 Å². The Morgan fingerprint density at radius 3 is 2.12 bits per heavy atom. The molecule has 13 heteroatoms. The quantitative estimate of drug-likeness (QED) is 0.348. The van der Waals surface area contributed by atoms with Crippen LogP contribution in [-0.4, -0.2) is 79.7 Å². The van der Waals surface area contributed by atoms with Crippen LogP contribution in [0.15, 0.2) is 11.8 Å². The molecule has 1 aliphatic rings. The second-order valence-corrected chi connectivity index (χ2v) is 8.38. The van der Waals surface area contributed by atoms with E-state index in [-0.39, 0.29) is 5.76 Å². The number of ether oxygens (including phenoxy) is 6. The Balaban J connectivity index is 3.47. The zero-order valence-corrected chi connectivity index (χ0v) is 20.2. The average molecular weight is 488 g/mol. The van der Waals surface area contributed by atoms with Crippen LogP contribution in [0.25, 0.3) is 0 Å². The summed E-state index contributed by atoms with van der Waals surface area (Å²) in [6, 6.07) is -2.19. The maximum absolute atomic E-state index is 12.5. The SMILES string of the molecule is COC(=O)C1=C[C@H](N)[C@@H](NC(=O)OC(C)(C)C)[C@H]([C@@H](OC(C)=O)[C@H](COC(C)=O)OC(C)=O)O1. The van der Waals surface area contributed by atoms with E-state index in [0.717, 1.165) is 27.9 Å². The maximum Gasteiger partial charge on any atom is 0.408 e. The first-order valence-electron chi connectivity index (χ1n) is 10.3. The van der Waals surface area contributed by atoms with E-state index in [1.54, 1.807) is 20.8 Å². The van der Waals surface area contributed by atoms with Gasteiger partial charge in [0.05, 0.1) is 19.2 Å². The van der Waals surface area contributed by atoms with E-state index in [4.69, 9.17) is 29.4 Å². The molecule has 0 radical (unpaired) electrons. The summed E-state index contributed by atoms with van der Waals surface area (Å²) < 4.78 is 31.2. The molecule has 0 aliphatic carbocycles. The molecule has 0 aromatic carbocycles. The van der Waals surface area contributed by atoms with Gasteiger partial charge in [-0.1, -0.05) is 0 Å². The van der Waals surface area contributed by atoms with E-state index in [1.807, 2.05) is 0 Å². The van der Waals surface area contributed by atoms with E-state index in [9.17, 15) is 24.0 Å². The monoisotopic (exact) mass is 488 g/mol. The summed E-state index contributed by atoms with van der Waals surface area (Å²) in [6.45, 7) is 7.73. The van der Waals surface area contributed by atoms with Crippen LogP contribution >= 0.6 is 0 Å². The van der Waals surface area contributed by atoms with Crippen molar-refractivity contribution < 1.29 is 52.4 Å². The summed E-state index contributed by atoms with van der Waals surface area (Å²) in [5, 5.41) is 2.53. The van der Waals surface area contributed by atoms with Crippen molar-refractivity contribution in [3.05, 3.63) is 11.8 Å². The normalized spacial score (nSPS) is 21.5. The first-order valence-corrected chi connectivity index (χ1v) is 10.3. The molecule has 34 heavy (non-hydrogen) atoms. The molecule has 0 bridgehead atoms. The molecule has 0 saturated carbocycles. The van der Waals surface area contributed by atoms with Crippen molar-refractivity contribution in [2.45, 2.75) is 77.5 Å². The third kappa shape index (κ3) is 9.25. The highest BCUT2D eigenvalue weighted by Gasteiger charge is 2.47. The number of hydrogen-bond acceptors (Lipinski definition) is 12. The summed E-state index contributed by atoms with van der Waals surface area (Å²) in [5.74, 6) is -3.50. The number of methoxy groups -OCH3 is 1. The van der Waals surface area contributed by atoms with Crippen LogP contribution < -0.4 is 11.1 Å². The molecule has 0 fully saturated rings. The molecule has 1 heterocycles. The van der Waals surface area contributed by atoms with Crippen molar-refractivity contribution in [3.8, 4) is 0 Å². The summed E-state index contributed by atoms with van der Waals surface area (Å²) in [7, 11) is 1.12. The Hall–Kier alpha value is -3.35. The van der Waals surface area contributed by atoms with Crippen molar-refractivity contribution >= 4 is 30.0 Å². The molecule has 5 atom stereocenters. The number of hydrogen-bond donors (Lipinski definition) is 2. The highest BCUT2D eigenvalue weighted by atomic mass is 16.6. The summed E-state index contributed by atoms with van der Waals surface area (Å²) in [6.07, 6.45) is -3.89. The number of esters is 4. The molecule has 0 unspecified atom stereocenters. The summed E-state index contributed by atoms with van der Waals surface area (Å²) >= 11 is 0. The second kappa shape index (κ2) is 12.2. The average Bonchev–Trinajstić information content (AvgIpc) is 2.68. The lowest BCUT2D eigenvalue weighted by Gasteiger charge is -2.41. The smallest absolute Gasteiger partial charge is 0.408 e. The lowest BCUT2D eigenvalue weighted by Crippen LogP contribution is -2.63. The third-order valence-corrected chi connectivity index (χ3v) is 4.21. The van der Waals surface area contributed by atoms with Crippen molar-refractivity contribution in [2.24, 2.45) is 5.73 Å². The number of carbonyl (C=O) groups excluding carboxylic acids is 5. The molecule has 1 amide bonds. The van der Waals surface area contributed by atoms with Crippen molar-refractivity contribution in [1.29, 1.82) is 0 Å². The lowest BCUT2D eigenvalue weighted by atomic mass is 9.92. The Morgan fingerprint density at radius 2 is 1.65 bits per heavy atom. The second-order valence-electron chi connectivity index (χ2n) is 8.38. The molecule has 1 aliphatic heterocycles. The molecule has 0 aromatic rings. The maximum atomic E-state index is 12.5. The van der Waals surface area contributed by atoms with Gasteiger partial charge in [0.1, 0.15) is 12.2 Å². The van der Waals surface area contributed by atoms with Gasteiger partial charge in [-0.2, -0.15) is 0 Å². The fraction of sp³-hybridized carbons (Fsp3) is 0.667. The zero-order chi connectivity index (χ0) is 26.2. The van der Waals surface area contributed by atoms with Crippen LogP contribution in [0.2, 0.25) is 0 Å². The minimum Gasteiger partial charge on any atom is -0.477 e. The van der Waals surface area contributed by atoms with Gasteiger partial charge in [0, 0.05) is 20.8 Å². The Morgan fingerprint density at radius 1 is 1.06 bits per heavy atom. The van der Waals surface area contributed by atoms with Gasteiger partial charge in [0.2, 0.25) is 5.76 Å². The van der Waals surface area contributed by atoms with E-state index >= 15 is 0 Å². The zero-order valence-electron chi connectivity index (χ0n) is 20.2. The van der Waals surface area contributed by atoms with Crippen LogP contribution in [0.3, 0.4) is 0 Å². The van der Waals surface area contributed by atoms with Gasteiger partial charge in [-0.3, -0.25) is 14.4 Å². The number of nitrogens with two attached hydrogens (primary N) is 1. The predicted octanol–water partition coefficient (Wildman–Crippen LogP) is 0.0892. The van der Waals surface area contributed by atoms with Gasteiger partial charge in [-0.25, -0.2) is 9.59 Å². The minimum absolute atomic E-state index is 0.326. The number of amides is 1. The molecule has 0 aromatic heterocycles. The van der Waals surface area contributed by atoms with Crippen LogP contribution in [0.1, 0.15) is 41.5 Å². The van der Waals surface area contributed by atoms with Gasteiger partial charge in [0.25, 0.3) is 0 Å². The number of nitrogens with one attached hydrogen (secondary N) is 1. The molecule has 3 N–H and O–H groups in total. The number of alkyl carbamates (subject to hydrolysis) is 1. The Kier molecular flexibility index (Phi) is 10.3.